The van der Waals surface area contributed by atoms with Crippen LogP contribution in [0.3, 0.4) is 0 Å². The largest absolute Gasteiger partial charge is 0.493 e. The Labute approximate surface area is 95.3 Å². The van der Waals surface area contributed by atoms with Crippen molar-refractivity contribution in [2.75, 3.05) is 20.3 Å². The van der Waals surface area contributed by atoms with Gasteiger partial charge in [-0.3, -0.25) is 4.79 Å². The van der Waals surface area contributed by atoms with Crippen LogP contribution >= 0.6 is 0 Å². The monoisotopic (exact) mass is 223 g/mol. The zero-order valence-electron chi connectivity index (χ0n) is 9.44. The second-order valence-corrected chi connectivity index (χ2v) is 3.36. The predicted octanol–water partition coefficient (Wildman–Crippen LogP) is 1.13. The summed E-state index contributed by atoms with van der Waals surface area (Å²) >= 11 is 0. The molecule has 0 aliphatic heterocycles. The number of carbonyl (C=O) groups excluding carboxylic acids is 1. The summed E-state index contributed by atoms with van der Waals surface area (Å²) in [5.41, 5.74) is 6.63. The number of nitrogens with two attached hydrogens (primary N) is 1. The van der Waals surface area contributed by atoms with Crippen LogP contribution < -0.4 is 10.5 Å². The summed E-state index contributed by atoms with van der Waals surface area (Å²) in [5, 5.41) is 0. The molecule has 1 aromatic carbocycles. The Bertz CT molecular complexity index is 322. The molecule has 0 saturated carbocycles. The summed E-state index contributed by atoms with van der Waals surface area (Å²) in [4.78, 5) is 10.8. The van der Waals surface area contributed by atoms with Crippen LogP contribution in [0.4, 0.5) is 0 Å². The lowest BCUT2D eigenvalue weighted by Crippen LogP contribution is -2.07. The van der Waals surface area contributed by atoms with E-state index in [1.165, 1.54) is 12.7 Å². The van der Waals surface area contributed by atoms with Crippen LogP contribution in [0.25, 0.3) is 0 Å². The van der Waals surface area contributed by atoms with Crippen molar-refractivity contribution in [2.24, 2.45) is 5.73 Å². The molecule has 0 aromatic heterocycles. The minimum absolute atomic E-state index is 0.264. The van der Waals surface area contributed by atoms with E-state index >= 15 is 0 Å². The summed E-state index contributed by atoms with van der Waals surface area (Å²) in [6.45, 7) is 0.978. The molecule has 0 aliphatic rings. The van der Waals surface area contributed by atoms with Crippen LogP contribution in [0.5, 0.6) is 5.75 Å². The van der Waals surface area contributed by atoms with Gasteiger partial charge in [0.1, 0.15) is 5.75 Å². The molecule has 1 rings (SSSR count). The lowest BCUT2D eigenvalue weighted by molar-refractivity contribution is -0.141. The molecule has 1 aromatic rings. The van der Waals surface area contributed by atoms with Crippen molar-refractivity contribution in [3.8, 4) is 5.75 Å². The number of esters is 1. The maximum Gasteiger partial charge on any atom is 0.308 e. The smallest absolute Gasteiger partial charge is 0.308 e. The van der Waals surface area contributed by atoms with E-state index < -0.39 is 0 Å². The van der Waals surface area contributed by atoms with Crippen molar-refractivity contribution in [1.29, 1.82) is 0 Å². The van der Waals surface area contributed by atoms with E-state index in [1.807, 2.05) is 24.3 Å². The van der Waals surface area contributed by atoms with Gasteiger partial charge >= 0.3 is 5.97 Å². The minimum Gasteiger partial charge on any atom is -0.493 e. The molecule has 2 N–H and O–H groups in total. The van der Waals surface area contributed by atoms with Crippen molar-refractivity contribution in [3.63, 3.8) is 0 Å². The summed E-state index contributed by atoms with van der Waals surface area (Å²) < 4.78 is 9.89. The number of carbonyl (C=O) groups is 1. The quantitative estimate of drug-likeness (QED) is 0.734. The predicted molar refractivity (Wildman–Crippen MR) is 61.3 cm³/mol. The number of hydrogen-bond acceptors (Lipinski definition) is 4. The normalized spacial score (nSPS) is 9.88. The SMILES string of the molecule is COC(=O)CCOc1ccc(CCN)cc1. The van der Waals surface area contributed by atoms with Crippen molar-refractivity contribution in [3.05, 3.63) is 29.8 Å². The Hall–Kier alpha value is -1.55. The molecule has 0 unspecified atom stereocenters. The molecule has 16 heavy (non-hydrogen) atoms. The lowest BCUT2D eigenvalue weighted by Gasteiger charge is -2.06. The van der Waals surface area contributed by atoms with Gasteiger partial charge in [-0.1, -0.05) is 12.1 Å². The van der Waals surface area contributed by atoms with Crippen LogP contribution in [-0.4, -0.2) is 26.2 Å². The molecule has 4 heteroatoms. The molecule has 0 amide bonds. The summed E-state index contributed by atoms with van der Waals surface area (Å²) in [6.07, 6.45) is 1.13. The second kappa shape index (κ2) is 6.85. The molecule has 0 fully saturated rings. The van der Waals surface area contributed by atoms with E-state index in [9.17, 15) is 4.79 Å². The molecule has 0 radical (unpaired) electrons. The van der Waals surface area contributed by atoms with Crippen molar-refractivity contribution in [2.45, 2.75) is 12.8 Å². The Morgan fingerprint density at radius 3 is 2.56 bits per heavy atom. The van der Waals surface area contributed by atoms with E-state index in [0.29, 0.717) is 13.2 Å². The summed E-state index contributed by atoms with van der Waals surface area (Å²) in [6, 6.07) is 7.70. The fourth-order valence-corrected chi connectivity index (χ4v) is 1.27. The van der Waals surface area contributed by atoms with Crippen LogP contribution in [0.1, 0.15) is 12.0 Å². The minimum atomic E-state index is -0.264. The molecule has 0 spiro atoms. The van der Waals surface area contributed by atoms with Crippen LogP contribution in [0.2, 0.25) is 0 Å². The second-order valence-electron chi connectivity index (χ2n) is 3.36. The van der Waals surface area contributed by atoms with Gasteiger partial charge in [-0.05, 0) is 30.7 Å². The average molecular weight is 223 g/mol. The number of hydrogen-bond donors (Lipinski definition) is 1. The van der Waals surface area contributed by atoms with E-state index in [4.69, 9.17) is 10.5 Å². The highest BCUT2D eigenvalue weighted by molar-refractivity contribution is 5.69. The van der Waals surface area contributed by atoms with Crippen molar-refractivity contribution in [1.82, 2.24) is 0 Å². The molecule has 4 nitrogen and oxygen atoms in total. The third-order valence-electron chi connectivity index (χ3n) is 2.16. The van der Waals surface area contributed by atoms with Gasteiger partial charge in [0, 0.05) is 0 Å². The molecule has 0 saturated heterocycles. The lowest BCUT2D eigenvalue weighted by atomic mass is 10.1. The Balaban J connectivity index is 2.34. The van der Waals surface area contributed by atoms with E-state index in [2.05, 4.69) is 4.74 Å². The molecular weight excluding hydrogens is 206 g/mol. The van der Waals surface area contributed by atoms with Crippen molar-refractivity contribution < 1.29 is 14.3 Å². The molecule has 88 valence electrons. The Morgan fingerprint density at radius 1 is 1.31 bits per heavy atom. The topological polar surface area (TPSA) is 61.5 Å². The summed E-state index contributed by atoms with van der Waals surface area (Å²) in [7, 11) is 1.37. The highest BCUT2D eigenvalue weighted by atomic mass is 16.5. The third kappa shape index (κ3) is 4.31. The fourth-order valence-electron chi connectivity index (χ4n) is 1.27. The third-order valence-corrected chi connectivity index (χ3v) is 2.16. The number of ether oxygens (including phenoxy) is 2. The fraction of sp³-hybridized carbons (Fsp3) is 0.417. The maximum atomic E-state index is 10.8. The van der Waals surface area contributed by atoms with Crippen LogP contribution in [-0.2, 0) is 16.0 Å². The number of rotatable bonds is 6. The van der Waals surface area contributed by atoms with E-state index in [-0.39, 0.29) is 12.4 Å². The Morgan fingerprint density at radius 2 is 2.00 bits per heavy atom. The first-order chi connectivity index (χ1) is 7.76. The highest BCUT2D eigenvalue weighted by Crippen LogP contribution is 2.12. The van der Waals surface area contributed by atoms with Crippen LogP contribution in [0, 0.1) is 0 Å². The highest BCUT2D eigenvalue weighted by Gasteiger charge is 2.00. The first-order valence-electron chi connectivity index (χ1n) is 5.25. The summed E-state index contributed by atoms with van der Waals surface area (Å²) in [5.74, 6) is 0.490. The standard InChI is InChI=1S/C12H17NO3/c1-15-12(14)7-9-16-11-4-2-10(3-5-11)6-8-13/h2-5H,6-9,13H2,1H3. The van der Waals surface area contributed by atoms with Gasteiger partial charge in [0.05, 0.1) is 20.1 Å². The number of methoxy groups -OCH3 is 1. The zero-order valence-corrected chi connectivity index (χ0v) is 9.44. The first kappa shape index (κ1) is 12.5. The van der Waals surface area contributed by atoms with Gasteiger partial charge in [-0.25, -0.2) is 0 Å². The van der Waals surface area contributed by atoms with Gasteiger partial charge in [-0.15, -0.1) is 0 Å². The van der Waals surface area contributed by atoms with Gasteiger partial charge in [0.2, 0.25) is 0 Å². The van der Waals surface area contributed by atoms with Crippen LogP contribution in [0.15, 0.2) is 24.3 Å². The molecular formula is C12H17NO3. The molecule has 0 atom stereocenters. The van der Waals surface area contributed by atoms with Gasteiger partial charge in [0.25, 0.3) is 0 Å². The first-order valence-corrected chi connectivity index (χ1v) is 5.25. The van der Waals surface area contributed by atoms with Gasteiger partial charge < -0.3 is 15.2 Å². The Kier molecular flexibility index (Phi) is 5.36. The average Bonchev–Trinajstić information content (AvgIpc) is 2.31. The zero-order chi connectivity index (χ0) is 11.8. The molecule has 0 aliphatic carbocycles. The molecule has 0 heterocycles. The molecule has 0 bridgehead atoms. The van der Waals surface area contributed by atoms with E-state index in [0.717, 1.165) is 12.2 Å². The van der Waals surface area contributed by atoms with E-state index in [1.54, 1.807) is 0 Å². The van der Waals surface area contributed by atoms with Gasteiger partial charge in [0.15, 0.2) is 0 Å². The maximum absolute atomic E-state index is 10.8. The van der Waals surface area contributed by atoms with Gasteiger partial charge in [-0.2, -0.15) is 0 Å². The van der Waals surface area contributed by atoms with Crippen molar-refractivity contribution >= 4 is 5.97 Å². The number of benzene rings is 1.